The van der Waals surface area contributed by atoms with Gasteiger partial charge in [0, 0.05) is 5.41 Å². The maximum Gasteiger partial charge on any atom is 0.329 e. The summed E-state index contributed by atoms with van der Waals surface area (Å²) >= 11 is 0. The highest BCUT2D eigenvalue weighted by molar-refractivity contribution is 5.68. The first-order valence-electron chi connectivity index (χ1n) is 6.85. The molecule has 3 rings (SSSR count). The third-order valence-electron chi connectivity index (χ3n) is 4.48. The molecule has 0 aromatic heterocycles. The first-order valence-corrected chi connectivity index (χ1v) is 6.85. The summed E-state index contributed by atoms with van der Waals surface area (Å²) in [5.74, 6) is -0.889. The van der Waals surface area contributed by atoms with Crippen LogP contribution in [0.15, 0.2) is 24.3 Å². The van der Waals surface area contributed by atoms with Crippen molar-refractivity contribution in [3.05, 3.63) is 35.4 Å². The molecule has 1 aliphatic carbocycles. The van der Waals surface area contributed by atoms with Gasteiger partial charge in [0.05, 0.1) is 6.10 Å². The molecule has 4 nitrogen and oxygen atoms in total. The van der Waals surface area contributed by atoms with E-state index in [-0.39, 0.29) is 18.1 Å². The molecule has 19 heavy (non-hydrogen) atoms. The second kappa shape index (κ2) is 4.94. The zero-order chi connectivity index (χ0) is 13.3. The van der Waals surface area contributed by atoms with Crippen LogP contribution in [0.25, 0.3) is 0 Å². The summed E-state index contributed by atoms with van der Waals surface area (Å²) < 4.78 is 5.71. The Balaban J connectivity index is 1.91. The number of benzene rings is 1. The van der Waals surface area contributed by atoms with E-state index in [1.165, 1.54) is 11.1 Å². The van der Waals surface area contributed by atoms with Gasteiger partial charge in [-0.25, -0.2) is 4.79 Å². The minimum Gasteiger partial charge on any atom is -0.480 e. The van der Waals surface area contributed by atoms with Crippen LogP contribution in [0.1, 0.15) is 24.0 Å². The van der Waals surface area contributed by atoms with Gasteiger partial charge in [-0.3, -0.25) is 0 Å². The van der Waals surface area contributed by atoms with Crippen molar-refractivity contribution in [2.24, 2.45) is 0 Å². The minimum absolute atomic E-state index is 0.00287. The number of nitrogens with one attached hydrogen (secondary N) is 1. The number of carboxylic acid groups (broad SMARTS) is 1. The van der Waals surface area contributed by atoms with Crippen LogP contribution in [0, 0.1) is 0 Å². The average molecular weight is 261 g/mol. The molecule has 102 valence electrons. The normalized spacial score (nSPS) is 24.3. The Morgan fingerprint density at radius 1 is 1.37 bits per heavy atom. The summed E-state index contributed by atoms with van der Waals surface area (Å²) in [6, 6.07) is 8.45. The van der Waals surface area contributed by atoms with E-state index in [4.69, 9.17) is 9.84 Å². The predicted molar refractivity (Wildman–Crippen MR) is 71.3 cm³/mol. The number of hydrogen-bond acceptors (Lipinski definition) is 3. The lowest BCUT2D eigenvalue weighted by atomic mass is 9.72. The van der Waals surface area contributed by atoms with Gasteiger partial charge in [0.15, 0.2) is 0 Å². The van der Waals surface area contributed by atoms with Crippen LogP contribution in [0.3, 0.4) is 0 Å². The van der Waals surface area contributed by atoms with Gasteiger partial charge >= 0.3 is 5.97 Å². The summed E-state index contributed by atoms with van der Waals surface area (Å²) in [5.41, 5.74) is 2.70. The van der Waals surface area contributed by atoms with Gasteiger partial charge in [0.1, 0.15) is 6.61 Å². The maximum atomic E-state index is 10.8. The molecule has 0 radical (unpaired) electrons. The second-order valence-corrected chi connectivity index (χ2v) is 5.46. The summed E-state index contributed by atoms with van der Waals surface area (Å²) in [5, 5.41) is 12.2. The fourth-order valence-corrected chi connectivity index (χ4v) is 3.61. The van der Waals surface area contributed by atoms with Crippen LogP contribution < -0.4 is 5.32 Å². The van der Waals surface area contributed by atoms with E-state index >= 15 is 0 Å². The molecular formula is C15H19NO3. The number of ether oxygens (including phenoxy) is 1. The van der Waals surface area contributed by atoms with Crippen LogP contribution in [0.5, 0.6) is 0 Å². The van der Waals surface area contributed by atoms with Gasteiger partial charge < -0.3 is 15.2 Å². The van der Waals surface area contributed by atoms with Crippen molar-refractivity contribution in [3.8, 4) is 0 Å². The van der Waals surface area contributed by atoms with Gasteiger partial charge in [0.2, 0.25) is 0 Å². The summed E-state index contributed by atoms with van der Waals surface area (Å²) in [6.07, 6.45) is 2.88. The Morgan fingerprint density at radius 3 is 2.84 bits per heavy atom. The van der Waals surface area contributed by atoms with E-state index < -0.39 is 5.97 Å². The van der Waals surface area contributed by atoms with Crippen LogP contribution in [-0.4, -0.2) is 36.9 Å². The molecule has 1 spiro atoms. The highest BCUT2D eigenvalue weighted by Gasteiger charge is 2.47. The lowest BCUT2D eigenvalue weighted by Crippen LogP contribution is -2.47. The van der Waals surface area contributed by atoms with Crippen molar-refractivity contribution in [1.82, 2.24) is 5.32 Å². The van der Waals surface area contributed by atoms with Gasteiger partial charge in [-0.1, -0.05) is 24.3 Å². The first-order chi connectivity index (χ1) is 9.22. The average Bonchev–Trinajstić information content (AvgIpc) is 2.72. The number of piperidine rings is 1. The molecule has 2 N–H and O–H groups in total. The molecule has 0 bridgehead atoms. The summed E-state index contributed by atoms with van der Waals surface area (Å²) in [6.45, 7) is 1.75. The van der Waals surface area contributed by atoms with Crippen molar-refractivity contribution in [3.63, 3.8) is 0 Å². The van der Waals surface area contributed by atoms with Crippen LogP contribution in [0.4, 0.5) is 0 Å². The van der Waals surface area contributed by atoms with Crippen LogP contribution >= 0.6 is 0 Å². The Kier molecular flexibility index (Phi) is 3.29. The van der Waals surface area contributed by atoms with Gasteiger partial charge in [-0.05, 0) is 43.5 Å². The van der Waals surface area contributed by atoms with E-state index in [2.05, 4.69) is 23.5 Å². The Morgan fingerprint density at radius 2 is 2.11 bits per heavy atom. The second-order valence-electron chi connectivity index (χ2n) is 5.46. The van der Waals surface area contributed by atoms with Gasteiger partial charge in [-0.15, -0.1) is 0 Å². The van der Waals surface area contributed by atoms with Crippen molar-refractivity contribution < 1.29 is 14.6 Å². The lowest BCUT2D eigenvalue weighted by Gasteiger charge is -2.39. The highest BCUT2D eigenvalue weighted by Crippen LogP contribution is 2.46. The number of carboxylic acids is 1. The Bertz CT molecular complexity index is 480. The molecule has 1 aromatic rings. The monoisotopic (exact) mass is 261 g/mol. The fraction of sp³-hybridized carbons (Fsp3) is 0.533. The minimum atomic E-state index is -0.889. The van der Waals surface area contributed by atoms with Crippen molar-refractivity contribution >= 4 is 5.97 Å². The number of hydrogen-bond donors (Lipinski definition) is 2. The topological polar surface area (TPSA) is 58.6 Å². The molecule has 2 aliphatic rings. The molecule has 1 heterocycles. The molecule has 0 saturated carbocycles. The van der Waals surface area contributed by atoms with E-state index in [0.717, 1.165) is 32.4 Å². The van der Waals surface area contributed by atoms with Crippen molar-refractivity contribution in [2.75, 3.05) is 19.7 Å². The van der Waals surface area contributed by atoms with E-state index in [9.17, 15) is 4.79 Å². The number of carbonyl (C=O) groups is 1. The van der Waals surface area contributed by atoms with Crippen molar-refractivity contribution in [1.29, 1.82) is 0 Å². The SMILES string of the molecule is O=C(O)COC1Cc2ccccc2C12CCNCC2. The van der Waals surface area contributed by atoms with Crippen LogP contribution in [0.2, 0.25) is 0 Å². The molecule has 1 atom stereocenters. The third-order valence-corrected chi connectivity index (χ3v) is 4.48. The summed E-state index contributed by atoms with van der Waals surface area (Å²) in [7, 11) is 0. The van der Waals surface area contributed by atoms with E-state index in [1.807, 2.05) is 6.07 Å². The van der Waals surface area contributed by atoms with Gasteiger partial charge in [0.25, 0.3) is 0 Å². The highest BCUT2D eigenvalue weighted by atomic mass is 16.5. The zero-order valence-electron chi connectivity index (χ0n) is 10.9. The molecule has 1 aromatic carbocycles. The number of rotatable bonds is 3. The largest absolute Gasteiger partial charge is 0.480 e. The van der Waals surface area contributed by atoms with Crippen molar-refractivity contribution in [2.45, 2.75) is 30.8 Å². The smallest absolute Gasteiger partial charge is 0.329 e. The quantitative estimate of drug-likeness (QED) is 0.862. The van der Waals surface area contributed by atoms with E-state index in [1.54, 1.807) is 0 Å². The first kappa shape index (κ1) is 12.6. The zero-order valence-corrected chi connectivity index (χ0v) is 10.9. The molecule has 4 heteroatoms. The van der Waals surface area contributed by atoms with Gasteiger partial charge in [-0.2, -0.15) is 0 Å². The van der Waals surface area contributed by atoms with E-state index in [0.29, 0.717) is 0 Å². The lowest BCUT2D eigenvalue weighted by molar-refractivity contribution is -0.146. The Hall–Kier alpha value is -1.39. The fourth-order valence-electron chi connectivity index (χ4n) is 3.61. The van der Waals surface area contributed by atoms with Crippen LogP contribution in [-0.2, 0) is 21.4 Å². The molecule has 1 unspecified atom stereocenters. The third kappa shape index (κ3) is 2.15. The number of fused-ring (bicyclic) bond motifs is 2. The Labute approximate surface area is 112 Å². The molecule has 0 amide bonds. The molecular weight excluding hydrogens is 242 g/mol. The standard InChI is InChI=1S/C15H19NO3/c17-14(18)10-19-13-9-11-3-1-2-4-12(11)15(13)5-7-16-8-6-15/h1-4,13,16H,5-10H2,(H,17,18). The number of aliphatic carboxylic acids is 1. The summed E-state index contributed by atoms with van der Waals surface area (Å²) in [4.78, 5) is 10.8. The molecule has 1 aliphatic heterocycles. The maximum absolute atomic E-state index is 10.8. The molecule has 1 fully saturated rings. The molecule has 1 saturated heterocycles. The predicted octanol–water partition coefficient (Wildman–Crippen LogP) is 1.33.